The Bertz CT molecular complexity index is 186. The Balaban J connectivity index is 2.32. The molecule has 3 unspecified atom stereocenters. The summed E-state index contributed by atoms with van der Waals surface area (Å²) in [5, 5.41) is 0. The summed E-state index contributed by atoms with van der Waals surface area (Å²) in [6.45, 7) is 9.46. The van der Waals surface area contributed by atoms with Crippen LogP contribution in [0.5, 0.6) is 0 Å². The van der Waals surface area contributed by atoms with Gasteiger partial charge in [-0.3, -0.25) is 0 Å². The first-order chi connectivity index (χ1) is 6.94. The monoisotopic (exact) mass is 211 g/mol. The van der Waals surface area contributed by atoms with Crippen LogP contribution >= 0.6 is 0 Å². The van der Waals surface area contributed by atoms with E-state index in [1.54, 1.807) is 0 Å². The SMILES string of the molecule is CCCCC(N)CC1CC(C)(C)CC1C. The smallest absolute Gasteiger partial charge is 0.00415 e. The highest BCUT2D eigenvalue weighted by atomic mass is 14.6. The highest BCUT2D eigenvalue weighted by Gasteiger charge is 2.36. The Labute approximate surface area is 95.8 Å². The molecule has 2 N–H and O–H groups in total. The molecule has 0 aromatic carbocycles. The molecule has 1 aliphatic rings. The molecule has 15 heavy (non-hydrogen) atoms. The molecule has 0 saturated heterocycles. The van der Waals surface area contributed by atoms with Gasteiger partial charge in [0.2, 0.25) is 0 Å². The summed E-state index contributed by atoms with van der Waals surface area (Å²) >= 11 is 0. The summed E-state index contributed by atoms with van der Waals surface area (Å²) in [4.78, 5) is 0. The minimum atomic E-state index is 0.450. The lowest BCUT2D eigenvalue weighted by molar-refractivity contribution is 0.332. The Morgan fingerprint density at radius 3 is 2.47 bits per heavy atom. The molecule has 1 aliphatic carbocycles. The molecular weight excluding hydrogens is 182 g/mol. The molecule has 0 spiro atoms. The molecule has 3 atom stereocenters. The first-order valence-corrected chi connectivity index (χ1v) is 6.70. The molecule has 1 rings (SSSR count). The van der Waals surface area contributed by atoms with Gasteiger partial charge in [0.25, 0.3) is 0 Å². The van der Waals surface area contributed by atoms with Crippen LogP contribution < -0.4 is 5.73 Å². The van der Waals surface area contributed by atoms with Gasteiger partial charge in [0.15, 0.2) is 0 Å². The molecule has 0 bridgehead atoms. The van der Waals surface area contributed by atoms with Crippen molar-refractivity contribution in [1.82, 2.24) is 0 Å². The first kappa shape index (κ1) is 13.0. The van der Waals surface area contributed by atoms with Crippen molar-refractivity contribution < 1.29 is 0 Å². The second-order valence-corrected chi connectivity index (χ2v) is 6.45. The number of hydrogen-bond donors (Lipinski definition) is 1. The normalized spacial score (nSPS) is 31.8. The van der Waals surface area contributed by atoms with Crippen LogP contribution in [0.3, 0.4) is 0 Å². The van der Waals surface area contributed by atoms with Crippen molar-refractivity contribution in [3.05, 3.63) is 0 Å². The van der Waals surface area contributed by atoms with Crippen molar-refractivity contribution >= 4 is 0 Å². The van der Waals surface area contributed by atoms with Crippen LogP contribution in [0, 0.1) is 17.3 Å². The summed E-state index contributed by atoms with van der Waals surface area (Å²) in [5.74, 6) is 1.76. The van der Waals surface area contributed by atoms with E-state index in [9.17, 15) is 0 Å². The van der Waals surface area contributed by atoms with Gasteiger partial charge < -0.3 is 5.73 Å². The molecule has 0 aromatic rings. The lowest BCUT2D eigenvalue weighted by Crippen LogP contribution is -2.24. The van der Waals surface area contributed by atoms with Crippen molar-refractivity contribution in [1.29, 1.82) is 0 Å². The van der Waals surface area contributed by atoms with Crippen molar-refractivity contribution in [2.75, 3.05) is 0 Å². The average Bonchev–Trinajstić information content (AvgIpc) is 2.36. The lowest BCUT2D eigenvalue weighted by Gasteiger charge is -2.20. The van der Waals surface area contributed by atoms with E-state index in [-0.39, 0.29) is 0 Å². The molecule has 1 nitrogen and oxygen atoms in total. The Hall–Kier alpha value is -0.0400. The third-order valence-corrected chi connectivity index (χ3v) is 4.03. The summed E-state index contributed by atoms with van der Waals surface area (Å²) in [5.41, 5.74) is 6.75. The second kappa shape index (κ2) is 5.34. The lowest BCUT2D eigenvalue weighted by atomic mass is 9.88. The minimum Gasteiger partial charge on any atom is -0.328 e. The Kier molecular flexibility index (Phi) is 4.64. The van der Waals surface area contributed by atoms with E-state index in [4.69, 9.17) is 5.73 Å². The molecule has 0 radical (unpaired) electrons. The minimum absolute atomic E-state index is 0.450. The predicted molar refractivity (Wildman–Crippen MR) is 67.8 cm³/mol. The molecule has 1 saturated carbocycles. The molecule has 0 aliphatic heterocycles. The first-order valence-electron chi connectivity index (χ1n) is 6.70. The maximum atomic E-state index is 6.19. The van der Waals surface area contributed by atoms with Gasteiger partial charge in [0, 0.05) is 6.04 Å². The van der Waals surface area contributed by atoms with Gasteiger partial charge in [0.05, 0.1) is 0 Å². The van der Waals surface area contributed by atoms with Crippen molar-refractivity contribution in [2.45, 2.75) is 72.3 Å². The van der Waals surface area contributed by atoms with E-state index in [0.29, 0.717) is 11.5 Å². The van der Waals surface area contributed by atoms with Crippen LogP contribution in [-0.4, -0.2) is 6.04 Å². The fraction of sp³-hybridized carbons (Fsp3) is 1.00. The summed E-state index contributed by atoms with van der Waals surface area (Å²) in [6.07, 6.45) is 7.82. The molecule has 0 aromatic heterocycles. The largest absolute Gasteiger partial charge is 0.328 e. The molecule has 90 valence electrons. The third-order valence-electron chi connectivity index (χ3n) is 4.03. The fourth-order valence-electron chi connectivity index (χ4n) is 3.32. The molecule has 0 amide bonds. The summed E-state index contributed by atoms with van der Waals surface area (Å²) in [6, 6.07) is 0.450. The molecular formula is C14H29N. The maximum Gasteiger partial charge on any atom is 0.00415 e. The highest BCUT2D eigenvalue weighted by Crippen LogP contribution is 2.46. The van der Waals surface area contributed by atoms with E-state index >= 15 is 0 Å². The summed E-state index contributed by atoms with van der Waals surface area (Å²) < 4.78 is 0. The van der Waals surface area contributed by atoms with Crippen LogP contribution in [0.2, 0.25) is 0 Å². The predicted octanol–water partition coefficient (Wildman–Crippen LogP) is 3.97. The molecule has 1 heteroatoms. The van der Waals surface area contributed by atoms with Crippen LogP contribution in [0.25, 0.3) is 0 Å². The van der Waals surface area contributed by atoms with Gasteiger partial charge in [-0.2, -0.15) is 0 Å². The van der Waals surface area contributed by atoms with E-state index in [0.717, 1.165) is 11.8 Å². The van der Waals surface area contributed by atoms with E-state index in [2.05, 4.69) is 27.7 Å². The van der Waals surface area contributed by atoms with Crippen molar-refractivity contribution in [2.24, 2.45) is 23.0 Å². The Morgan fingerprint density at radius 1 is 1.33 bits per heavy atom. The topological polar surface area (TPSA) is 26.0 Å². The number of rotatable bonds is 5. The average molecular weight is 211 g/mol. The van der Waals surface area contributed by atoms with Gasteiger partial charge in [-0.15, -0.1) is 0 Å². The Morgan fingerprint density at radius 2 is 2.00 bits per heavy atom. The zero-order valence-corrected chi connectivity index (χ0v) is 11.1. The zero-order valence-electron chi connectivity index (χ0n) is 11.1. The van der Waals surface area contributed by atoms with Gasteiger partial charge in [-0.05, 0) is 42.9 Å². The van der Waals surface area contributed by atoms with Crippen molar-refractivity contribution in [3.8, 4) is 0 Å². The van der Waals surface area contributed by atoms with Crippen LogP contribution in [-0.2, 0) is 0 Å². The van der Waals surface area contributed by atoms with E-state index in [1.807, 2.05) is 0 Å². The molecule has 0 heterocycles. The zero-order chi connectivity index (χ0) is 11.5. The van der Waals surface area contributed by atoms with Gasteiger partial charge in [-0.25, -0.2) is 0 Å². The summed E-state index contributed by atoms with van der Waals surface area (Å²) in [7, 11) is 0. The van der Waals surface area contributed by atoms with E-state index < -0.39 is 0 Å². The number of hydrogen-bond acceptors (Lipinski definition) is 1. The van der Waals surface area contributed by atoms with Gasteiger partial charge in [0.1, 0.15) is 0 Å². The van der Waals surface area contributed by atoms with E-state index in [1.165, 1.54) is 38.5 Å². The number of nitrogens with two attached hydrogens (primary N) is 1. The van der Waals surface area contributed by atoms with Crippen LogP contribution in [0.15, 0.2) is 0 Å². The number of unbranched alkanes of at least 4 members (excludes halogenated alkanes) is 1. The quantitative estimate of drug-likeness (QED) is 0.731. The maximum absolute atomic E-state index is 6.19. The van der Waals surface area contributed by atoms with Crippen LogP contribution in [0.4, 0.5) is 0 Å². The second-order valence-electron chi connectivity index (χ2n) is 6.45. The molecule has 1 fully saturated rings. The standard InChI is InChI=1S/C14H29N/c1-5-6-7-13(15)8-12-10-14(3,4)9-11(12)2/h11-13H,5-10,15H2,1-4H3. The van der Waals surface area contributed by atoms with Crippen LogP contribution in [0.1, 0.15) is 66.2 Å². The third kappa shape index (κ3) is 4.14. The highest BCUT2D eigenvalue weighted by molar-refractivity contribution is 4.88. The fourth-order valence-corrected chi connectivity index (χ4v) is 3.32. The van der Waals surface area contributed by atoms with Crippen molar-refractivity contribution in [3.63, 3.8) is 0 Å². The van der Waals surface area contributed by atoms with Gasteiger partial charge >= 0.3 is 0 Å². The van der Waals surface area contributed by atoms with Gasteiger partial charge in [-0.1, -0.05) is 40.5 Å².